The van der Waals surface area contributed by atoms with E-state index in [9.17, 15) is 14.5 Å². The maximum atomic E-state index is 12.6. The predicted octanol–water partition coefficient (Wildman–Crippen LogP) is 3.57. The van der Waals surface area contributed by atoms with Crippen molar-refractivity contribution in [2.24, 2.45) is 0 Å². The summed E-state index contributed by atoms with van der Waals surface area (Å²) in [5.41, 5.74) is 3.78. The summed E-state index contributed by atoms with van der Waals surface area (Å²) in [6.45, 7) is 6.41. The molecule has 150 valence electrons. The Balaban J connectivity index is 1.73. The van der Waals surface area contributed by atoms with Gasteiger partial charge in [0, 0.05) is 32.0 Å². The zero-order chi connectivity index (χ0) is 20.5. The number of carbonyl (C=O) groups excluding carboxylic acids is 1. The number of fused-ring (bicyclic) bond motifs is 1. The van der Waals surface area contributed by atoms with Gasteiger partial charge >= 0.3 is 0 Å². The zero-order valence-electron chi connectivity index (χ0n) is 16.8. The van der Waals surface area contributed by atoms with Crippen molar-refractivity contribution in [2.75, 3.05) is 12.8 Å². The van der Waals surface area contributed by atoms with Gasteiger partial charge in [-0.15, -0.1) is 0 Å². The molecule has 1 amide bonds. The lowest BCUT2D eigenvalue weighted by Gasteiger charge is -2.26. The number of hydrogen-bond donors (Lipinski definition) is 1. The fourth-order valence-electron chi connectivity index (χ4n) is 3.23. The predicted molar refractivity (Wildman–Crippen MR) is 112 cm³/mol. The molecule has 5 nitrogen and oxygen atoms in total. The standard InChI is InChI=1S/C22H27NO4S/c1-15(2)27-19-8-5-16(6-9-19)17-7-10-20-18(13-17)14-23(21(20)24)12-11-22(3,25)28(4)26/h5-10,13,15,25H,11-12,14H2,1-4H3/t22-,28?/m0/s1. The lowest BCUT2D eigenvalue weighted by atomic mass is 10.0. The first kappa shape index (κ1) is 20.7. The number of aliphatic hydroxyl groups is 1. The highest BCUT2D eigenvalue weighted by molar-refractivity contribution is 7.91. The van der Waals surface area contributed by atoms with Crippen LogP contribution in [0, 0.1) is 0 Å². The van der Waals surface area contributed by atoms with E-state index in [4.69, 9.17) is 4.74 Å². The van der Waals surface area contributed by atoms with Gasteiger partial charge in [-0.3, -0.25) is 4.79 Å². The molecule has 0 spiro atoms. The van der Waals surface area contributed by atoms with E-state index in [1.54, 1.807) is 11.8 Å². The molecule has 1 unspecified atom stereocenters. The van der Waals surface area contributed by atoms with E-state index in [0.29, 0.717) is 18.7 Å². The summed E-state index contributed by atoms with van der Waals surface area (Å²) in [5.74, 6) is 0.793. The summed E-state index contributed by atoms with van der Waals surface area (Å²) in [5, 5.41) is 10.2. The van der Waals surface area contributed by atoms with Crippen molar-refractivity contribution in [3.63, 3.8) is 0 Å². The van der Waals surface area contributed by atoms with Crippen LogP contribution in [0.15, 0.2) is 42.5 Å². The summed E-state index contributed by atoms with van der Waals surface area (Å²) in [7, 11) is 0. The van der Waals surface area contributed by atoms with Crippen LogP contribution < -0.4 is 4.74 Å². The molecule has 2 atom stereocenters. The van der Waals surface area contributed by atoms with Gasteiger partial charge in [-0.2, -0.15) is 0 Å². The van der Waals surface area contributed by atoms with Gasteiger partial charge in [-0.1, -0.05) is 18.2 Å². The first-order chi connectivity index (χ1) is 13.2. The second-order valence-corrected chi connectivity index (χ2v) is 9.46. The number of ether oxygens (including phenoxy) is 1. The molecular weight excluding hydrogens is 374 g/mol. The summed E-state index contributed by atoms with van der Waals surface area (Å²) < 4.78 is 17.3. The highest BCUT2D eigenvalue weighted by Crippen LogP contribution is 2.30. The number of benzene rings is 2. The lowest BCUT2D eigenvalue weighted by Crippen LogP contribution is -2.38. The average molecular weight is 402 g/mol. The van der Waals surface area contributed by atoms with Gasteiger partial charge in [0.1, 0.15) is 5.75 Å². The Kier molecular flexibility index (Phi) is 6.03. The van der Waals surface area contributed by atoms with E-state index >= 15 is 0 Å². The molecule has 28 heavy (non-hydrogen) atoms. The summed E-state index contributed by atoms with van der Waals surface area (Å²) in [4.78, 5) is 13.0. The van der Waals surface area contributed by atoms with E-state index in [-0.39, 0.29) is 18.4 Å². The second kappa shape index (κ2) is 8.15. The molecular formula is C22H27NO4S. The highest BCUT2D eigenvalue weighted by atomic mass is 32.2. The summed E-state index contributed by atoms with van der Waals surface area (Å²) >= 11 is -1.36. The van der Waals surface area contributed by atoms with Gasteiger partial charge in [0.25, 0.3) is 5.91 Å². The molecule has 0 fully saturated rings. The van der Waals surface area contributed by atoms with Crippen LogP contribution >= 0.6 is 0 Å². The number of hydrogen-bond acceptors (Lipinski definition) is 4. The fourth-order valence-corrected chi connectivity index (χ4v) is 3.60. The number of amides is 1. The monoisotopic (exact) mass is 401 g/mol. The zero-order valence-corrected chi connectivity index (χ0v) is 17.6. The molecule has 6 heteroatoms. The molecule has 2 aromatic rings. The minimum absolute atomic E-state index is 0.0417. The van der Waals surface area contributed by atoms with E-state index in [1.165, 1.54) is 6.26 Å². The van der Waals surface area contributed by atoms with Gasteiger partial charge in [0.15, 0.2) is 0 Å². The molecule has 1 aliphatic heterocycles. The second-order valence-electron chi connectivity index (χ2n) is 7.67. The third kappa shape index (κ3) is 4.51. The largest absolute Gasteiger partial charge is 0.614 e. The van der Waals surface area contributed by atoms with Crippen LogP contribution in [0.4, 0.5) is 0 Å². The van der Waals surface area contributed by atoms with Crippen LogP contribution in [0.2, 0.25) is 0 Å². The molecule has 2 aromatic carbocycles. The lowest BCUT2D eigenvalue weighted by molar-refractivity contribution is 0.0716. The van der Waals surface area contributed by atoms with Crippen molar-refractivity contribution < 1.29 is 19.2 Å². The van der Waals surface area contributed by atoms with Crippen LogP contribution in [0.3, 0.4) is 0 Å². The first-order valence-electron chi connectivity index (χ1n) is 9.42. The van der Waals surface area contributed by atoms with E-state index in [1.807, 2.05) is 56.3 Å². The SMILES string of the molecule is CC(C)Oc1ccc(-c2ccc3c(c2)CN(CC[C@@](C)(O)[S+](C)[O-])C3=O)cc1. The normalized spacial score (nSPS) is 16.8. The van der Waals surface area contributed by atoms with Crippen molar-refractivity contribution in [3.8, 4) is 16.9 Å². The Morgan fingerprint density at radius 1 is 1.21 bits per heavy atom. The molecule has 0 aliphatic carbocycles. The summed E-state index contributed by atoms with van der Waals surface area (Å²) in [6.07, 6.45) is 1.89. The van der Waals surface area contributed by atoms with Gasteiger partial charge < -0.3 is 19.3 Å². The van der Waals surface area contributed by atoms with E-state index < -0.39 is 16.1 Å². The molecule has 3 rings (SSSR count). The maximum Gasteiger partial charge on any atom is 0.254 e. The van der Waals surface area contributed by atoms with E-state index in [0.717, 1.165) is 22.4 Å². The van der Waals surface area contributed by atoms with Crippen molar-refractivity contribution in [1.29, 1.82) is 0 Å². The number of rotatable bonds is 7. The fraction of sp³-hybridized carbons (Fsp3) is 0.409. The van der Waals surface area contributed by atoms with Gasteiger partial charge in [0.05, 0.1) is 12.4 Å². The number of nitrogens with zero attached hydrogens (tertiary/aromatic N) is 1. The first-order valence-corrected chi connectivity index (χ1v) is 11.0. The Labute approximate surface area is 169 Å². The van der Waals surface area contributed by atoms with Crippen LogP contribution in [0.1, 0.15) is 43.1 Å². The van der Waals surface area contributed by atoms with Crippen LogP contribution in [-0.2, 0) is 17.7 Å². The third-order valence-corrected chi connectivity index (χ3v) is 6.45. The molecule has 1 heterocycles. The van der Waals surface area contributed by atoms with Crippen molar-refractivity contribution in [2.45, 2.75) is 44.8 Å². The Hall–Kier alpha value is -2.02. The quantitative estimate of drug-likeness (QED) is 0.720. The Morgan fingerprint density at radius 3 is 2.46 bits per heavy atom. The molecule has 0 aromatic heterocycles. The molecule has 1 N–H and O–H groups in total. The van der Waals surface area contributed by atoms with Gasteiger partial charge in [-0.25, -0.2) is 0 Å². The minimum atomic E-state index is -1.36. The van der Waals surface area contributed by atoms with Gasteiger partial charge in [0.2, 0.25) is 4.93 Å². The molecule has 0 radical (unpaired) electrons. The molecule has 0 saturated heterocycles. The van der Waals surface area contributed by atoms with Crippen molar-refractivity contribution >= 4 is 17.1 Å². The van der Waals surface area contributed by atoms with Crippen molar-refractivity contribution in [3.05, 3.63) is 53.6 Å². The minimum Gasteiger partial charge on any atom is -0.614 e. The smallest absolute Gasteiger partial charge is 0.254 e. The van der Waals surface area contributed by atoms with Gasteiger partial charge in [-0.05, 0) is 66.0 Å². The van der Waals surface area contributed by atoms with Crippen molar-refractivity contribution in [1.82, 2.24) is 4.90 Å². The van der Waals surface area contributed by atoms with E-state index in [2.05, 4.69) is 0 Å². The third-order valence-electron chi connectivity index (χ3n) is 5.01. The molecule has 0 bridgehead atoms. The topological polar surface area (TPSA) is 72.8 Å². The van der Waals surface area contributed by atoms with Crippen LogP contribution in [0.25, 0.3) is 11.1 Å². The summed E-state index contributed by atoms with van der Waals surface area (Å²) in [6, 6.07) is 13.8. The Morgan fingerprint density at radius 2 is 1.86 bits per heavy atom. The Bertz CT molecular complexity index is 846. The number of carbonyl (C=O) groups is 1. The molecule has 1 aliphatic rings. The average Bonchev–Trinajstić information content (AvgIpc) is 2.95. The van der Waals surface area contributed by atoms with Crippen LogP contribution in [0.5, 0.6) is 5.75 Å². The molecule has 0 saturated carbocycles. The maximum absolute atomic E-state index is 12.6. The highest BCUT2D eigenvalue weighted by Gasteiger charge is 2.34. The van der Waals surface area contributed by atoms with Crippen LogP contribution in [-0.4, -0.2) is 44.3 Å².